The van der Waals surface area contributed by atoms with Gasteiger partial charge in [-0.1, -0.05) is 67.6 Å². The van der Waals surface area contributed by atoms with Crippen LogP contribution in [-0.4, -0.2) is 31.2 Å². The molecule has 33 heavy (non-hydrogen) atoms. The Morgan fingerprint density at radius 1 is 0.970 bits per heavy atom. The van der Waals surface area contributed by atoms with Gasteiger partial charge in [-0.3, -0.25) is 4.79 Å². The fourth-order valence-electron chi connectivity index (χ4n) is 4.44. The standard InChI is InChI=1S/C27H30N2O3S/c1-3-27(30)29-21(2)18-24-19-25(14-15-26(24)29)33(31,32)28(20-23-12-8-5-9-13-23)17-16-22-10-6-4-7-11-22/h4-15,19,21H,3,16-18,20H2,1-2H3/t21-/m0/s1. The van der Waals surface area contributed by atoms with Gasteiger partial charge in [0.25, 0.3) is 0 Å². The number of benzene rings is 3. The number of carbonyl (C=O) groups excluding carboxylic acids is 1. The van der Waals surface area contributed by atoms with Crippen molar-refractivity contribution >= 4 is 21.6 Å². The third-order valence-electron chi connectivity index (χ3n) is 6.17. The van der Waals surface area contributed by atoms with E-state index in [1.54, 1.807) is 27.4 Å². The van der Waals surface area contributed by atoms with Crippen LogP contribution in [0.5, 0.6) is 0 Å². The maximum absolute atomic E-state index is 13.8. The lowest BCUT2D eigenvalue weighted by Crippen LogP contribution is -2.35. The highest BCUT2D eigenvalue weighted by Crippen LogP contribution is 2.35. The predicted molar refractivity (Wildman–Crippen MR) is 132 cm³/mol. The van der Waals surface area contributed by atoms with Gasteiger partial charge in [-0.15, -0.1) is 0 Å². The van der Waals surface area contributed by atoms with Gasteiger partial charge in [0.15, 0.2) is 0 Å². The van der Waals surface area contributed by atoms with E-state index in [1.807, 2.05) is 74.5 Å². The SMILES string of the molecule is CCC(=O)N1c2ccc(S(=O)(=O)N(CCc3ccccc3)Cc3ccccc3)cc2C[C@@H]1C. The van der Waals surface area contributed by atoms with E-state index in [0.717, 1.165) is 22.4 Å². The molecule has 3 aromatic rings. The van der Waals surface area contributed by atoms with Crippen LogP contribution in [0, 0.1) is 0 Å². The van der Waals surface area contributed by atoms with Crippen LogP contribution in [0.2, 0.25) is 0 Å². The Hall–Kier alpha value is -2.96. The second-order valence-electron chi connectivity index (χ2n) is 8.52. The van der Waals surface area contributed by atoms with Crippen molar-refractivity contribution in [2.75, 3.05) is 11.4 Å². The Bertz CT molecular complexity index is 1210. The van der Waals surface area contributed by atoms with E-state index in [4.69, 9.17) is 0 Å². The molecule has 0 aromatic heterocycles. The Morgan fingerprint density at radius 2 is 1.61 bits per heavy atom. The van der Waals surface area contributed by atoms with Gasteiger partial charge in [-0.05, 0) is 54.7 Å². The first-order valence-corrected chi connectivity index (χ1v) is 12.9. The van der Waals surface area contributed by atoms with E-state index in [2.05, 4.69) is 0 Å². The van der Waals surface area contributed by atoms with Gasteiger partial charge in [-0.2, -0.15) is 4.31 Å². The molecule has 172 valence electrons. The summed E-state index contributed by atoms with van der Waals surface area (Å²) in [6.07, 6.45) is 1.72. The second-order valence-corrected chi connectivity index (χ2v) is 10.5. The minimum absolute atomic E-state index is 0.0314. The molecule has 6 heteroatoms. The van der Waals surface area contributed by atoms with E-state index in [-0.39, 0.29) is 16.8 Å². The summed E-state index contributed by atoms with van der Waals surface area (Å²) in [5, 5.41) is 0. The molecule has 1 aliphatic rings. The second kappa shape index (κ2) is 9.89. The summed E-state index contributed by atoms with van der Waals surface area (Å²) >= 11 is 0. The van der Waals surface area contributed by atoms with Crippen molar-refractivity contribution < 1.29 is 13.2 Å². The molecule has 5 nitrogen and oxygen atoms in total. The van der Waals surface area contributed by atoms with Crippen molar-refractivity contribution in [2.45, 2.75) is 50.6 Å². The third-order valence-corrected chi connectivity index (χ3v) is 8.01. The molecule has 1 aliphatic heterocycles. The number of hydrogen-bond donors (Lipinski definition) is 0. The topological polar surface area (TPSA) is 57.7 Å². The Kier molecular flexibility index (Phi) is 6.96. The van der Waals surface area contributed by atoms with Crippen molar-refractivity contribution in [1.82, 2.24) is 4.31 Å². The lowest BCUT2D eigenvalue weighted by molar-refractivity contribution is -0.118. The van der Waals surface area contributed by atoms with Crippen LogP contribution in [0.15, 0.2) is 83.8 Å². The van der Waals surface area contributed by atoms with E-state index < -0.39 is 10.0 Å². The molecule has 0 saturated carbocycles. The summed E-state index contributed by atoms with van der Waals surface area (Å²) < 4.78 is 29.1. The molecule has 0 radical (unpaired) electrons. The zero-order chi connectivity index (χ0) is 23.4. The Labute approximate surface area is 196 Å². The third kappa shape index (κ3) is 5.02. The molecule has 4 rings (SSSR count). The number of nitrogens with zero attached hydrogens (tertiary/aromatic N) is 2. The van der Waals surface area contributed by atoms with Crippen molar-refractivity contribution in [3.63, 3.8) is 0 Å². The summed E-state index contributed by atoms with van der Waals surface area (Å²) in [5.74, 6) is 0.0606. The molecule has 0 saturated heterocycles. The zero-order valence-electron chi connectivity index (χ0n) is 19.1. The van der Waals surface area contributed by atoms with Crippen molar-refractivity contribution in [3.8, 4) is 0 Å². The molecule has 1 amide bonds. The molecule has 1 heterocycles. The van der Waals surface area contributed by atoms with Gasteiger partial charge < -0.3 is 4.90 Å². The monoisotopic (exact) mass is 462 g/mol. The van der Waals surface area contributed by atoms with Crippen molar-refractivity contribution in [1.29, 1.82) is 0 Å². The molecule has 0 unspecified atom stereocenters. The predicted octanol–water partition coefficient (Wildman–Crippen LogP) is 4.81. The maximum atomic E-state index is 13.8. The molecule has 0 aliphatic carbocycles. The number of amides is 1. The van der Waals surface area contributed by atoms with Crippen LogP contribution in [-0.2, 0) is 34.2 Å². The molecular formula is C27H30N2O3S. The van der Waals surface area contributed by atoms with Crippen LogP contribution in [0.3, 0.4) is 0 Å². The fraction of sp³-hybridized carbons (Fsp3) is 0.296. The number of sulfonamides is 1. The lowest BCUT2D eigenvalue weighted by atomic mass is 10.1. The number of anilines is 1. The van der Waals surface area contributed by atoms with Crippen LogP contribution in [0.1, 0.15) is 37.0 Å². The lowest BCUT2D eigenvalue weighted by Gasteiger charge is -2.24. The highest BCUT2D eigenvalue weighted by atomic mass is 32.2. The number of hydrogen-bond acceptors (Lipinski definition) is 3. The van der Waals surface area contributed by atoms with Gasteiger partial charge >= 0.3 is 0 Å². The number of rotatable bonds is 8. The van der Waals surface area contributed by atoms with E-state index in [0.29, 0.717) is 32.4 Å². The van der Waals surface area contributed by atoms with Gasteiger partial charge in [0.1, 0.15) is 0 Å². The molecule has 0 bridgehead atoms. The number of carbonyl (C=O) groups is 1. The maximum Gasteiger partial charge on any atom is 0.243 e. The van der Waals surface area contributed by atoms with Gasteiger partial charge in [-0.25, -0.2) is 8.42 Å². The zero-order valence-corrected chi connectivity index (χ0v) is 20.0. The first kappa shape index (κ1) is 23.2. The summed E-state index contributed by atoms with van der Waals surface area (Å²) in [5.41, 5.74) is 3.78. The van der Waals surface area contributed by atoms with Gasteiger partial charge in [0.2, 0.25) is 15.9 Å². The first-order chi connectivity index (χ1) is 15.9. The quantitative estimate of drug-likeness (QED) is 0.483. The molecule has 3 aromatic carbocycles. The summed E-state index contributed by atoms with van der Waals surface area (Å²) in [6, 6.07) is 24.8. The molecule has 1 atom stereocenters. The van der Waals surface area contributed by atoms with E-state index in [1.165, 1.54) is 0 Å². The van der Waals surface area contributed by atoms with Crippen molar-refractivity contribution in [3.05, 3.63) is 95.6 Å². The van der Waals surface area contributed by atoms with E-state index in [9.17, 15) is 13.2 Å². The summed E-state index contributed by atoms with van der Waals surface area (Å²) in [6.45, 7) is 4.54. The highest BCUT2D eigenvalue weighted by molar-refractivity contribution is 7.89. The molecular weight excluding hydrogens is 432 g/mol. The van der Waals surface area contributed by atoms with Crippen LogP contribution in [0.25, 0.3) is 0 Å². The summed E-state index contributed by atoms with van der Waals surface area (Å²) in [7, 11) is -3.72. The minimum Gasteiger partial charge on any atom is -0.309 e. The van der Waals surface area contributed by atoms with Crippen molar-refractivity contribution in [2.24, 2.45) is 0 Å². The fourth-order valence-corrected chi connectivity index (χ4v) is 5.92. The molecule has 0 fully saturated rings. The summed E-state index contributed by atoms with van der Waals surface area (Å²) in [4.78, 5) is 14.5. The van der Waals surface area contributed by atoms with Crippen LogP contribution < -0.4 is 4.90 Å². The smallest absolute Gasteiger partial charge is 0.243 e. The molecule has 0 N–H and O–H groups in total. The van der Waals surface area contributed by atoms with Crippen LogP contribution >= 0.6 is 0 Å². The van der Waals surface area contributed by atoms with Gasteiger partial charge in [0.05, 0.1) is 4.90 Å². The Balaban J connectivity index is 1.64. The van der Waals surface area contributed by atoms with Gasteiger partial charge in [0, 0.05) is 31.2 Å². The molecule has 0 spiro atoms. The van der Waals surface area contributed by atoms with Crippen LogP contribution in [0.4, 0.5) is 5.69 Å². The average molecular weight is 463 g/mol. The Morgan fingerprint density at radius 3 is 2.24 bits per heavy atom. The first-order valence-electron chi connectivity index (χ1n) is 11.4. The number of fused-ring (bicyclic) bond motifs is 1. The van der Waals surface area contributed by atoms with E-state index >= 15 is 0 Å². The average Bonchev–Trinajstić information content (AvgIpc) is 3.17. The largest absolute Gasteiger partial charge is 0.309 e. The minimum atomic E-state index is -3.72. The normalized spacial score (nSPS) is 15.6. The highest BCUT2D eigenvalue weighted by Gasteiger charge is 2.32.